The molecular formula is C90H56N8Si. The molecule has 0 amide bonds. The van der Waals surface area contributed by atoms with Crippen LogP contribution in [0.5, 0.6) is 0 Å². The van der Waals surface area contributed by atoms with Crippen molar-refractivity contribution >= 4 is 62.9 Å². The van der Waals surface area contributed by atoms with Crippen LogP contribution >= 0.6 is 0 Å². The van der Waals surface area contributed by atoms with E-state index in [4.69, 9.17) is 29.9 Å². The first-order valence-corrected chi connectivity index (χ1v) is 35.6. The van der Waals surface area contributed by atoms with Crippen LogP contribution in [0.1, 0.15) is 0 Å². The molecule has 0 aliphatic carbocycles. The molecule has 9 heteroatoms. The molecule has 8 nitrogen and oxygen atoms in total. The van der Waals surface area contributed by atoms with Crippen LogP contribution < -0.4 is 30.5 Å². The van der Waals surface area contributed by atoms with Crippen molar-refractivity contribution in [3.63, 3.8) is 0 Å². The summed E-state index contributed by atoms with van der Waals surface area (Å²) in [7, 11) is -3.52. The van der Waals surface area contributed by atoms with Gasteiger partial charge in [-0.3, -0.25) is 0 Å². The number of benzene rings is 14. The van der Waals surface area contributed by atoms with Gasteiger partial charge in [0, 0.05) is 67.0 Å². The van der Waals surface area contributed by atoms with Gasteiger partial charge in [0.15, 0.2) is 43.0 Å². The number of nitrogens with zero attached hydrogens (tertiary/aromatic N) is 8. The van der Waals surface area contributed by atoms with E-state index >= 15 is 0 Å². The van der Waals surface area contributed by atoms with Crippen LogP contribution in [0.2, 0.25) is 0 Å². The lowest BCUT2D eigenvalue weighted by molar-refractivity contribution is 1.07. The van der Waals surface area contributed by atoms with Crippen molar-refractivity contribution in [2.75, 3.05) is 9.80 Å². The number of fused-ring (bicyclic) bond motifs is 20. The molecule has 2 aromatic heterocycles. The summed E-state index contributed by atoms with van der Waals surface area (Å²) in [5.41, 5.74) is 26.2. The summed E-state index contributed by atoms with van der Waals surface area (Å²) in [5.74, 6) is 3.63. The van der Waals surface area contributed by atoms with Gasteiger partial charge in [-0.15, -0.1) is 0 Å². The van der Waals surface area contributed by atoms with Crippen LogP contribution in [0.3, 0.4) is 0 Å². The lowest BCUT2D eigenvalue weighted by Crippen LogP contribution is -2.70. The highest BCUT2D eigenvalue weighted by atomic mass is 28.3. The van der Waals surface area contributed by atoms with E-state index in [0.29, 0.717) is 34.9 Å². The minimum atomic E-state index is -3.52. The Hall–Kier alpha value is -13.1. The molecule has 0 radical (unpaired) electrons. The van der Waals surface area contributed by atoms with Gasteiger partial charge in [-0.2, -0.15) is 0 Å². The molecule has 0 N–H and O–H groups in total. The monoisotopic (exact) mass is 1280 g/mol. The normalized spacial score (nSPS) is 12.9. The Labute approximate surface area is 573 Å². The Bertz CT molecular complexity index is 5350. The third-order valence-corrected chi connectivity index (χ3v) is 25.2. The number of aromatic nitrogens is 6. The summed E-state index contributed by atoms with van der Waals surface area (Å²) in [6, 6.07) is 123. The van der Waals surface area contributed by atoms with Gasteiger partial charge in [0.1, 0.15) is 0 Å². The van der Waals surface area contributed by atoms with E-state index < -0.39 is 8.07 Å². The van der Waals surface area contributed by atoms with E-state index in [1.807, 2.05) is 72.8 Å². The molecule has 6 heterocycles. The summed E-state index contributed by atoms with van der Waals surface area (Å²) in [6.45, 7) is 0. The van der Waals surface area contributed by atoms with E-state index in [1.54, 1.807) is 0 Å². The second kappa shape index (κ2) is 22.5. The maximum absolute atomic E-state index is 5.40. The first-order chi connectivity index (χ1) is 49.1. The second-order valence-corrected chi connectivity index (χ2v) is 29.3. The molecule has 4 aliphatic heterocycles. The van der Waals surface area contributed by atoms with Gasteiger partial charge in [0.2, 0.25) is 0 Å². The number of hydrogen-bond acceptors (Lipinski definition) is 8. The highest BCUT2D eigenvalue weighted by Gasteiger charge is 2.55. The number of rotatable bonds is 8. The van der Waals surface area contributed by atoms with Crippen LogP contribution in [-0.2, 0) is 0 Å². The predicted octanol–water partition coefficient (Wildman–Crippen LogP) is 19.6. The number of hydrogen-bond donors (Lipinski definition) is 0. The van der Waals surface area contributed by atoms with Gasteiger partial charge < -0.3 is 9.80 Å². The first-order valence-electron chi connectivity index (χ1n) is 33.6. The van der Waals surface area contributed by atoms with E-state index in [2.05, 4.69) is 277 Å². The third kappa shape index (κ3) is 8.84. The van der Waals surface area contributed by atoms with Crippen LogP contribution in [0.15, 0.2) is 340 Å². The van der Waals surface area contributed by atoms with Gasteiger partial charge in [-0.25, -0.2) is 29.9 Å². The summed E-state index contributed by atoms with van der Waals surface area (Å²) >= 11 is 0. The van der Waals surface area contributed by atoms with E-state index in [0.717, 1.165) is 67.5 Å². The minimum Gasteiger partial charge on any atom is -0.309 e. The third-order valence-electron chi connectivity index (χ3n) is 20.3. The largest absolute Gasteiger partial charge is 0.309 e. The number of para-hydroxylation sites is 4. The Morgan fingerprint density at radius 3 is 0.717 bits per heavy atom. The first kappa shape index (κ1) is 56.3. The molecule has 14 aromatic carbocycles. The molecule has 1 spiro atoms. The molecule has 0 bridgehead atoms. The van der Waals surface area contributed by atoms with Crippen LogP contribution in [0, 0.1) is 0 Å². The second-order valence-electron chi connectivity index (χ2n) is 25.6. The van der Waals surface area contributed by atoms with E-state index in [-0.39, 0.29) is 0 Å². The van der Waals surface area contributed by atoms with Crippen molar-refractivity contribution in [2.24, 2.45) is 0 Å². The van der Waals surface area contributed by atoms with Crippen molar-refractivity contribution in [1.82, 2.24) is 29.9 Å². The fraction of sp³-hybridized carbons (Fsp3) is 0. The molecule has 0 unspecified atom stereocenters. The molecule has 16 aromatic rings. The van der Waals surface area contributed by atoms with Gasteiger partial charge >= 0.3 is 0 Å². The van der Waals surface area contributed by atoms with E-state index in [1.165, 1.54) is 87.5 Å². The van der Waals surface area contributed by atoms with Crippen LogP contribution in [0.25, 0.3) is 135 Å². The molecule has 99 heavy (non-hydrogen) atoms. The van der Waals surface area contributed by atoms with Crippen LogP contribution in [0.4, 0.5) is 34.1 Å². The Balaban J connectivity index is 0.880. The maximum atomic E-state index is 5.40. The van der Waals surface area contributed by atoms with Gasteiger partial charge in [-0.1, -0.05) is 291 Å². The molecule has 4 aliphatic rings. The molecule has 0 saturated carbocycles. The van der Waals surface area contributed by atoms with Gasteiger partial charge in [0.25, 0.3) is 0 Å². The topological polar surface area (TPSA) is 83.8 Å². The average Bonchev–Trinajstić information content (AvgIpc) is 1.50. The molecular weight excluding hydrogens is 1220 g/mol. The van der Waals surface area contributed by atoms with Crippen LogP contribution in [-0.4, -0.2) is 38.0 Å². The SMILES string of the molecule is c1ccc(-c2nc(-c3ccccc3)nc(-c3ccc4c(c3)[Si]3(c5ccc(N6c7ccccc7-c7ccccc7-c7ccccc76)cc5-c5cc(N6c7ccccc7-c7ccccc7-c7ccccc76)ccc53)c3cc(-c5nc(-c6ccccc6)nc(-c6ccccc6)n5)ccc3-4)n2)cc1. The lowest BCUT2D eigenvalue weighted by Gasteiger charge is -2.30. The van der Waals surface area contributed by atoms with Crippen molar-refractivity contribution in [3.8, 4) is 135 Å². The highest BCUT2D eigenvalue weighted by molar-refractivity contribution is 7.24. The van der Waals surface area contributed by atoms with Crippen molar-refractivity contribution in [3.05, 3.63) is 340 Å². The van der Waals surface area contributed by atoms with Crippen molar-refractivity contribution in [1.29, 1.82) is 0 Å². The standard InChI is InChI=1S/C90H56N8Si/c1-5-25-57(26-6-1)85-91-86(58-27-7-2-8-28-58)94-89(93-85)61-45-49-73-74-50-46-62(90-95-87(59-29-9-3-10-30-59)92-88(96-90)60-31-11-4-12-32-60)54-84(74)99(83(73)53-61)81-51-47-63(97-77-41-21-17-37-69(77)65-33-13-14-34-66(65)70-38-18-22-42-78(70)97)55-75(81)76-56-64(48-52-82(76)99)98-79-43-23-19-39-71(79)67-35-15-16-36-68(67)72-40-20-24-44-80(72)98/h1-56H. The van der Waals surface area contributed by atoms with E-state index in [9.17, 15) is 0 Å². The number of anilines is 6. The summed E-state index contributed by atoms with van der Waals surface area (Å²) in [6.07, 6.45) is 0. The zero-order chi connectivity index (χ0) is 65.1. The fourth-order valence-corrected chi connectivity index (χ4v) is 21.6. The summed E-state index contributed by atoms with van der Waals surface area (Å²) in [5, 5.41) is 5.08. The molecule has 0 fully saturated rings. The zero-order valence-electron chi connectivity index (χ0n) is 53.4. The van der Waals surface area contributed by atoms with Gasteiger partial charge in [-0.05, 0) is 114 Å². The average molecular weight is 1280 g/mol. The summed E-state index contributed by atoms with van der Waals surface area (Å²) < 4.78 is 0. The highest BCUT2D eigenvalue weighted by Crippen LogP contribution is 2.54. The molecule has 0 saturated heterocycles. The van der Waals surface area contributed by atoms with Crippen molar-refractivity contribution < 1.29 is 0 Å². The van der Waals surface area contributed by atoms with Gasteiger partial charge in [0.05, 0.1) is 22.7 Å². The Morgan fingerprint density at radius 1 is 0.172 bits per heavy atom. The fourth-order valence-electron chi connectivity index (χ4n) is 16.0. The molecule has 20 rings (SSSR count). The molecule has 460 valence electrons. The Morgan fingerprint density at radius 2 is 0.424 bits per heavy atom. The Kier molecular flexibility index (Phi) is 12.8. The smallest absolute Gasteiger partial charge is 0.182 e. The lowest BCUT2D eigenvalue weighted by atomic mass is 9.95. The predicted molar refractivity (Wildman–Crippen MR) is 406 cm³/mol. The zero-order valence-corrected chi connectivity index (χ0v) is 54.4. The quantitative estimate of drug-likeness (QED) is 0.139. The summed E-state index contributed by atoms with van der Waals surface area (Å²) in [4.78, 5) is 37.0. The minimum absolute atomic E-state index is 0.599. The molecule has 0 atom stereocenters. The van der Waals surface area contributed by atoms with Crippen molar-refractivity contribution in [2.45, 2.75) is 0 Å². The maximum Gasteiger partial charge on any atom is 0.182 e.